The van der Waals surface area contributed by atoms with Crippen molar-refractivity contribution >= 4 is 5.78 Å². The van der Waals surface area contributed by atoms with Gasteiger partial charge >= 0.3 is 0 Å². The molecule has 0 amide bonds. The Kier molecular flexibility index (Phi) is 6.33. The van der Waals surface area contributed by atoms with Crippen molar-refractivity contribution in [3.8, 4) is 0 Å². The van der Waals surface area contributed by atoms with Gasteiger partial charge in [-0.1, -0.05) is 53.7 Å². The lowest BCUT2D eigenvalue weighted by molar-refractivity contribution is -0.140. The van der Waals surface area contributed by atoms with Crippen LogP contribution in [0.5, 0.6) is 0 Å². The number of allylic oxidation sites excluding steroid dienone is 2. The number of Topliss-reactive ketones (excluding diaryl/α,β-unsaturated/α-hetero) is 1. The Labute approximate surface area is 186 Å². The highest BCUT2D eigenvalue weighted by atomic mass is 16.1. The van der Waals surface area contributed by atoms with Gasteiger partial charge < -0.3 is 0 Å². The minimum Gasteiger partial charge on any atom is -0.300 e. The van der Waals surface area contributed by atoms with Crippen LogP contribution in [0.1, 0.15) is 106 Å². The summed E-state index contributed by atoms with van der Waals surface area (Å²) in [5, 5.41) is 0. The lowest BCUT2D eigenvalue weighted by Crippen LogP contribution is -2.53. The Balaban J connectivity index is 1.50. The molecule has 1 heteroatoms. The first-order valence-corrected chi connectivity index (χ1v) is 13.4. The van der Waals surface area contributed by atoms with Crippen molar-refractivity contribution in [2.75, 3.05) is 0 Å². The summed E-state index contributed by atoms with van der Waals surface area (Å²) >= 11 is 0. The Morgan fingerprint density at radius 1 is 0.933 bits per heavy atom. The fourth-order valence-electron chi connectivity index (χ4n) is 9.23. The molecular formula is C29H48O. The average Bonchev–Trinajstić information content (AvgIpc) is 3.06. The Morgan fingerprint density at radius 2 is 1.67 bits per heavy atom. The quantitative estimate of drug-likeness (QED) is 0.417. The van der Waals surface area contributed by atoms with Crippen molar-refractivity contribution in [1.29, 1.82) is 0 Å². The molecule has 4 rings (SSSR count). The number of ketones is 1. The number of rotatable bonds is 5. The van der Waals surface area contributed by atoms with Crippen molar-refractivity contribution in [1.82, 2.24) is 0 Å². The number of carbonyl (C=O) groups is 1. The van der Waals surface area contributed by atoms with E-state index in [1.807, 2.05) is 0 Å². The molecule has 0 radical (unpaired) electrons. The summed E-state index contributed by atoms with van der Waals surface area (Å²) in [6.45, 7) is 14.8. The zero-order valence-corrected chi connectivity index (χ0v) is 20.8. The van der Waals surface area contributed by atoms with E-state index in [1.54, 1.807) is 0 Å². The van der Waals surface area contributed by atoms with Gasteiger partial charge in [-0.05, 0) is 110 Å². The SMILES string of the molecule is CC[C@@H](/C=C/[C@@H](C)[C@H]1CC[C@H]2[C@@H]3CC[C@H]4CC(=O)CC[C@]4(C)[C@H]3CC[C@]12C)C(C)C. The van der Waals surface area contributed by atoms with Crippen LogP contribution in [-0.2, 0) is 4.79 Å². The summed E-state index contributed by atoms with van der Waals surface area (Å²) in [4.78, 5) is 12.1. The van der Waals surface area contributed by atoms with E-state index in [9.17, 15) is 4.79 Å². The molecule has 4 aliphatic rings. The molecule has 0 unspecified atom stereocenters. The largest absolute Gasteiger partial charge is 0.300 e. The molecule has 4 aliphatic carbocycles. The second-order valence-electron chi connectivity index (χ2n) is 12.7. The van der Waals surface area contributed by atoms with Crippen molar-refractivity contribution < 1.29 is 4.79 Å². The summed E-state index contributed by atoms with van der Waals surface area (Å²) in [5.74, 6) is 7.04. The first kappa shape index (κ1) is 22.6. The van der Waals surface area contributed by atoms with Gasteiger partial charge in [-0.3, -0.25) is 4.79 Å². The molecule has 0 aromatic rings. The van der Waals surface area contributed by atoms with Gasteiger partial charge in [-0.2, -0.15) is 0 Å². The first-order chi connectivity index (χ1) is 14.2. The summed E-state index contributed by atoms with van der Waals surface area (Å²) in [6.07, 6.45) is 17.8. The highest BCUT2D eigenvalue weighted by Gasteiger charge is 2.60. The van der Waals surface area contributed by atoms with Crippen LogP contribution in [0.25, 0.3) is 0 Å². The zero-order chi connectivity index (χ0) is 21.7. The van der Waals surface area contributed by atoms with Gasteiger partial charge in [0.05, 0.1) is 0 Å². The Bertz CT molecular complexity index is 661. The van der Waals surface area contributed by atoms with Crippen molar-refractivity contribution in [2.24, 2.45) is 58.2 Å². The second-order valence-corrected chi connectivity index (χ2v) is 12.7. The van der Waals surface area contributed by atoms with E-state index in [-0.39, 0.29) is 0 Å². The van der Waals surface area contributed by atoms with E-state index >= 15 is 0 Å². The van der Waals surface area contributed by atoms with E-state index in [1.165, 1.54) is 51.4 Å². The van der Waals surface area contributed by atoms with Crippen LogP contribution < -0.4 is 0 Å². The number of fused-ring (bicyclic) bond motifs is 5. The van der Waals surface area contributed by atoms with Gasteiger partial charge in [0.2, 0.25) is 0 Å². The molecule has 0 bridgehead atoms. The van der Waals surface area contributed by atoms with Crippen LogP contribution in [-0.4, -0.2) is 5.78 Å². The molecule has 0 saturated heterocycles. The molecule has 4 fully saturated rings. The van der Waals surface area contributed by atoms with Crippen molar-refractivity contribution in [3.05, 3.63) is 12.2 Å². The monoisotopic (exact) mass is 412 g/mol. The molecule has 4 saturated carbocycles. The van der Waals surface area contributed by atoms with Crippen LogP contribution in [0.2, 0.25) is 0 Å². The third kappa shape index (κ3) is 3.65. The molecule has 1 nitrogen and oxygen atoms in total. The number of hydrogen-bond acceptors (Lipinski definition) is 1. The second kappa shape index (κ2) is 8.40. The predicted molar refractivity (Wildman–Crippen MR) is 127 cm³/mol. The minimum atomic E-state index is 0.452. The van der Waals surface area contributed by atoms with Crippen LogP contribution >= 0.6 is 0 Å². The number of hydrogen-bond donors (Lipinski definition) is 0. The molecule has 0 aromatic carbocycles. The van der Waals surface area contributed by atoms with E-state index in [0.717, 1.165) is 48.3 Å². The third-order valence-electron chi connectivity index (χ3n) is 11.2. The standard InChI is InChI=1S/C29H48O/c1-7-21(19(2)3)9-8-20(4)25-12-13-26-24-11-10-22-18-23(30)14-16-28(22,5)27(24)15-17-29(25,26)6/h8-9,19-22,24-27H,7,10-18H2,1-6H3/b9-8+/t20-,21+,22+,24+,25-,26+,27+,28+,29-/m1/s1. The van der Waals surface area contributed by atoms with Crippen LogP contribution in [0.15, 0.2) is 12.2 Å². The first-order valence-electron chi connectivity index (χ1n) is 13.4. The van der Waals surface area contributed by atoms with Gasteiger partial charge in [0.25, 0.3) is 0 Å². The summed E-state index contributed by atoms with van der Waals surface area (Å²) in [6, 6.07) is 0. The van der Waals surface area contributed by atoms with Crippen molar-refractivity contribution in [2.45, 2.75) is 106 Å². The summed E-state index contributed by atoms with van der Waals surface area (Å²) in [7, 11) is 0. The van der Waals surface area contributed by atoms with E-state index in [2.05, 4.69) is 53.7 Å². The Hall–Kier alpha value is -0.590. The zero-order valence-electron chi connectivity index (χ0n) is 20.8. The van der Waals surface area contributed by atoms with Crippen LogP contribution in [0.4, 0.5) is 0 Å². The summed E-state index contributed by atoms with van der Waals surface area (Å²) < 4.78 is 0. The molecule has 30 heavy (non-hydrogen) atoms. The van der Waals surface area contributed by atoms with Crippen molar-refractivity contribution in [3.63, 3.8) is 0 Å². The fraction of sp³-hybridized carbons (Fsp3) is 0.897. The molecule has 9 atom stereocenters. The fourth-order valence-corrected chi connectivity index (χ4v) is 9.23. The average molecular weight is 413 g/mol. The van der Waals surface area contributed by atoms with Gasteiger partial charge in [0, 0.05) is 12.8 Å². The summed E-state index contributed by atoms with van der Waals surface area (Å²) in [5.41, 5.74) is 0.992. The lowest BCUT2D eigenvalue weighted by atomic mass is 9.44. The van der Waals surface area contributed by atoms with Gasteiger partial charge in [0.1, 0.15) is 5.78 Å². The molecular weight excluding hydrogens is 364 g/mol. The van der Waals surface area contributed by atoms with E-state index < -0.39 is 0 Å². The maximum absolute atomic E-state index is 12.1. The smallest absolute Gasteiger partial charge is 0.133 e. The van der Waals surface area contributed by atoms with Gasteiger partial charge in [-0.15, -0.1) is 0 Å². The normalized spacial score (nSPS) is 45.8. The van der Waals surface area contributed by atoms with E-state index in [4.69, 9.17) is 0 Å². The van der Waals surface area contributed by atoms with Crippen LogP contribution in [0, 0.1) is 58.2 Å². The molecule has 170 valence electrons. The Morgan fingerprint density at radius 3 is 2.37 bits per heavy atom. The highest BCUT2D eigenvalue weighted by molar-refractivity contribution is 5.79. The van der Waals surface area contributed by atoms with Crippen LogP contribution in [0.3, 0.4) is 0 Å². The number of carbonyl (C=O) groups excluding carboxylic acids is 1. The maximum Gasteiger partial charge on any atom is 0.133 e. The molecule has 0 spiro atoms. The van der Waals surface area contributed by atoms with Gasteiger partial charge in [-0.25, -0.2) is 0 Å². The topological polar surface area (TPSA) is 17.1 Å². The van der Waals surface area contributed by atoms with Gasteiger partial charge in [0.15, 0.2) is 0 Å². The molecule has 0 heterocycles. The third-order valence-corrected chi connectivity index (χ3v) is 11.2. The predicted octanol–water partition coefficient (Wildman–Crippen LogP) is 8.09. The minimum absolute atomic E-state index is 0.452. The maximum atomic E-state index is 12.1. The highest BCUT2D eigenvalue weighted by Crippen LogP contribution is 2.68. The molecule has 0 aliphatic heterocycles. The lowest BCUT2D eigenvalue weighted by Gasteiger charge is -2.60. The molecule has 0 aromatic heterocycles. The molecule has 0 N–H and O–H groups in total. The van der Waals surface area contributed by atoms with E-state index in [0.29, 0.717) is 28.4 Å².